The molecule has 0 atom stereocenters. The molecule has 3 heteroatoms. The second-order valence-corrected chi connectivity index (χ2v) is 3.31. The maximum atomic E-state index is 11.2. The van der Waals surface area contributed by atoms with Crippen molar-refractivity contribution < 1.29 is 4.79 Å². The maximum Gasteiger partial charge on any atom is 0.222 e. The highest BCUT2D eigenvalue weighted by atomic mass is 16.2. The predicted molar refractivity (Wildman–Crippen MR) is 52.4 cm³/mol. The van der Waals surface area contributed by atoms with Crippen molar-refractivity contribution in [2.24, 2.45) is 0 Å². The number of hydrogen-bond acceptors (Lipinski definition) is 1. The third kappa shape index (κ3) is 3.32. The van der Waals surface area contributed by atoms with Gasteiger partial charge in [0.25, 0.3) is 0 Å². The standard InChI is InChI=1S/C10H16N2O/c1-11(2)10(13)6-5-9-12-7-3-4-8-12/h3-4,7-8H,5-6,9H2,1-2H3. The molecule has 0 aliphatic heterocycles. The smallest absolute Gasteiger partial charge is 0.222 e. The van der Waals surface area contributed by atoms with E-state index in [-0.39, 0.29) is 5.91 Å². The van der Waals surface area contributed by atoms with Crippen molar-refractivity contribution in [2.75, 3.05) is 14.1 Å². The highest BCUT2D eigenvalue weighted by molar-refractivity contribution is 5.75. The number of rotatable bonds is 4. The van der Waals surface area contributed by atoms with Crippen LogP contribution in [0.4, 0.5) is 0 Å². The van der Waals surface area contributed by atoms with Gasteiger partial charge in [-0.25, -0.2) is 0 Å². The summed E-state index contributed by atoms with van der Waals surface area (Å²) in [5, 5.41) is 0. The molecular formula is C10H16N2O. The number of amides is 1. The molecule has 0 spiro atoms. The normalized spacial score (nSPS) is 10.0. The summed E-state index contributed by atoms with van der Waals surface area (Å²) in [4.78, 5) is 12.8. The highest BCUT2D eigenvalue weighted by Crippen LogP contribution is 1.98. The molecule has 0 aliphatic carbocycles. The van der Waals surface area contributed by atoms with Crippen molar-refractivity contribution >= 4 is 5.91 Å². The quantitative estimate of drug-likeness (QED) is 0.686. The Kier molecular flexibility index (Phi) is 3.55. The molecule has 0 radical (unpaired) electrons. The minimum Gasteiger partial charge on any atom is -0.354 e. The molecule has 0 N–H and O–H groups in total. The number of aromatic nitrogens is 1. The van der Waals surface area contributed by atoms with Crippen LogP contribution in [0.25, 0.3) is 0 Å². The Hall–Kier alpha value is -1.25. The number of carbonyl (C=O) groups excluding carboxylic acids is 1. The molecule has 1 aromatic rings. The predicted octanol–water partition coefficient (Wildman–Crippen LogP) is 1.36. The van der Waals surface area contributed by atoms with Crippen molar-refractivity contribution in [3.63, 3.8) is 0 Å². The van der Waals surface area contributed by atoms with Crippen LogP contribution in [0, 0.1) is 0 Å². The first kappa shape index (κ1) is 9.84. The molecule has 0 bridgehead atoms. The van der Waals surface area contributed by atoms with Gasteiger partial charge in [-0.05, 0) is 18.6 Å². The van der Waals surface area contributed by atoms with E-state index < -0.39 is 0 Å². The van der Waals surface area contributed by atoms with Crippen LogP contribution in [0.1, 0.15) is 12.8 Å². The summed E-state index contributed by atoms with van der Waals surface area (Å²) in [6.07, 6.45) is 5.57. The van der Waals surface area contributed by atoms with Crippen LogP contribution in [0.3, 0.4) is 0 Å². The molecule has 0 fully saturated rings. The van der Waals surface area contributed by atoms with E-state index in [2.05, 4.69) is 4.57 Å². The van der Waals surface area contributed by atoms with E-state index in [9.17, 15) is 4.79 Å². The Bertz CT molecular complexity index is 252. The zero-order valence-corrected chi connectivity index (χ0v) is 8.23. The second-order valence-electron chi connectivity index (χ2n) is 3.31. The Morgan fingerprint density at radius 1 is 1.31 bits per heavy atom. The Labute approximate surface area is 79.0 Å². The summed E-state index contributed by atoms with van der Waals surface area (Å²) in [5.41, 5.74) is 0. The highest BCUT2D eigenvalue weighted by Gasteiger charge is 2.02. The molecule has 0 saturated heterocycles. The third-order valence-corrected chi connectivity index (χ3v) is 1.97. The van der Waals surface area contributed by atoms with Crippen LogP contribution in [0.5, 0.6) is 0 Å². The SMILES string of the molecule is CN(C)C(=O)CCCn1cccc1. The average molecular weight is 180 g/mol. The second kappa shape index (κ2) is 4.70. The summed E-state index contributed by atoms with van der Waals surface area (Å²) in [5.74, 6) is 0.201. The summed E-state index contributed by atoms with van der Waals surface area (Å²) in [7, 11) is 3.58. The van der Waals surface area contributed by atoms with Gasteiger partial charge in [0.2, 0.25) is 5.91 Å². The van der Waals surface area contributed by atoms with Crippen molar-refractivity contribution in [3.8, 4) is 0 Å². The lowest BCUT2D eigenvalue weighted by atomic mass is 10.3. The number of carbonyl (C=O) groups is 1. The molecule has 1 amide bonds. The summed E-state index contributed by atoms with van der Waals surface area (Å²) in [6, 6.07) is 3.99. The lowest BCUT2D eigenvalue weighted by Gasteiger charge is -2.09. The zero-order valence-electron chi connectivity index (χ0n) is 8.23. The van der Waals surface area contributed by atoms with Crippen molar-refractivity contribution in [3.05, 3.63) is 24.5 Å². The molecule has 0 aliphatic rings. The van der Waals surface area contributed by atoms with Crippen LogP contribution < -0.4 is 0 Å². The third-order valence-electron chi connectivity index (χ3n) is 1.97. The fraction of sp³-hybridized carbons (Fsp3) is 0.500. The monoisotopic (exact) mass is 180 g/mol. The lowest BCUT2D eigenvalue weighted by Crippen LogP contribution is -2.21. The molecule has 1 heterocycles. The zero-order chi connectivity index (χ0) is 9.68. The minimum absolute atomic E-state index is 0.201. The van der Waals surface area contributed by atoms with E-state index in [0.29, 0.717) is 6.42 Å². The molecule has 13 heavy (non-hydrogen) atoms. The summed E-state index contributed by atoms with van der Waals surface area (Å²) < 4.78 is 2.09. The van der Waals surface area contributed by atoms with E-state index in [1.165, 1.54) is 0 Å². The van der Waals surface area contributed by atoms with Gasteiger partial charge in [0.15, 0.2) is 0 Å². The topological polar surface area (TPSA) is 25.2 Å². The first-order valence-electron chi connectivity index (χ1n) is 4.51. The van der Waals surface area contributed by atoms with E-state index >= 15 is 0 Å². The van der Waals surface area contributed by atoms with Gasteiger partial charge >= 0.3 is 0 Å². The van der Waals surface area contributed by atoms with Gasteiger partial charge in [-0.2, -0.15) is 0 Å². The van der Waals surface area contributed by atoms with Crippen LogP contribution in [-0.4, -0.2) is 29.5 Å². The molecule has 0 aromatic carbocycles. The molecule has 1 aromatic heterocycles. The van der Waals surface area contributed by atoms with Crippen LogP contribution in [0.2, 0.25) is 0 Å². The van der Waals surface area contributed by atoms with Crippen molar-refractivity contribution in [1.29, 1.82) is 0 Å². The first-order valence-corrected chi connectivity index (χ1v) is 4.51. The average Bonchev–Trinajstić information content (AvgIpc) is 2.56. The van der Waals surface area contributed by atoms with Crippen LogP contribution in [0.15, 0.2) is 24.5 Å². The van der Waals surface area contributed by atoms with Gasteiger partial charge in [0.1, 0.15) is 0 Å². The summed E-state index contributed by atoms with van der Waals surface area (Å²) >= 11 is 0. The largest absolute Gasteiger partial charge is 0.354 e. The van der Waals surface area contributed by atoms with Crippen molar-refractivity contribution in [1.82, 2.24) is 9.47 Å². The maximum absolute atomic E-state index is 11.2. The Morgan fingerprint density at radius 2 is 1.92 bits per heavy atom. The molecule has 0 unspecified atom stereocenters. The number of hydrogen-bond donors (Lipinski definition) is 0. The van der Waals surface area contributed by atoms with Gasteiger partial charge in [-0.3, -0.25) is 4.79 Å². The van der Waals surface area contributed by atoms with Gasteiger partial charge in [0.05, 0.1) is 0 Å². The number of aryl methyl sites for hydroxylation is 1. The van der Waals surface area contributed by atoms with E-state index in [0.717, 1.165) is 13.0 Å². The van der Waals surface area contributed by atoms with Crippen LogP contribution in [-0.2, 0) is 11.3 Å². The molecule has 3 nitrogen and oxygen atoms in total. The van der Waals surface area contributed by atoms with Gasteiger partial charge in [-0.15, -0.1) is 0 Å². The fourth-order valence-electron chi connectivity index (χ4n) is 1.16. The fourth-order valence-corrected chi connectivity index (χ4v) is 1.16. The van der Waals surface area contributed by atoms with Gasteiger partial charge in [0, 0.05) is 39.5 Å². The van der Waals surface area contributed by atoms with Crippen molar-refractivity contribution in [2.45, 2.75) is 19.4 Å². The van der Waals surface area contributed by atoms with E-state index in [1.807, 2.05) is 24.5 Å². The molecule has 0 saturated carbocycles. The van der Waals surface area contributed by atoms with Crippen LogP contribution >= 0.6 is 0 Å². The molecule has 72 valence electrons. The van der Waals surface area contributed by atoms with Gasteiger partial charge in [-0.1, -0.05) is 0 Å². The Balaban J connectivity index is 2.18. The molecule has 1 rings (SSSR count). The molecular weight excluding hydrogens is 164 g/mol. The Morgan fingerprint density at radius 3 is 2.46 bits per heavy atom. The lowest BCUT2D eigenvalue weighted by molar-refractivity contribution is -0.128. The van der Waals surface area contributed by atoms with E-state index in [1.54, 1.807) is 19.0 Å². The first-order chi connectivity index (χ1) is 6.20. The number of nitrogens with zero attached hydrogens (tertiary/aromatic N) is 2. The van der Waals surface area contributed by atoms with E-state index in [4.69, 9.17) is 0 Å². The summed E-state index contributed by atoms with van der Waals surface area (Å²) in [6.45, 7) is 0.923. The van der Waals surface area contributed by atoms with Gasteiger partial charge < -0.3 is 9.47 Å². The minimum atomic E-state index is 0.201.